The highest BCUT2D eigenvalue weighted by molar-refractivity contribution is 9.10. The molecule has 2 aromatic rings. The van der Waals surface area contributed by atoms with E-state index in [0.717, 1.165) is 13.8 Å². The van der Waals surface area contributed by atoms with Crippen LogP contribution in [-0.4, -0.2) is 28.5 Å². The van der Waals surface area contributed by atoms with Crippen LogP contribution in [0.5, 0.6) is 0 Å². The lowest BCUT2D eigenvalue weighted by Gasteiger charge is -2.39. The van der Waals surface area contributed by atoms with Gasteiger partial charge in [-0.05, 0) is 41.9 Å². The third kappa shape index (κ3) is 6.91. The second-order valence-corrected chi connectivity index (χ2v) is 9.24. The molecule has 11 heteroatoms. The van der Waals surface area contributed by atoms with E-state index in [4.69, 9.17) is 17.0 Å². The van der Waals surface area contributed by atoms with Crippen molar-refractivity contribution in [3.05, 3.63) is 70.2 Å². The Morgan fingerprint density at radius 1 is 1.06 bits per heavy atom. The summed E-state index contributed by atoms with van der Waals surface area (Å²) in [6.45, 7) is 1.72. The maximum Gasteiger partial charge on any atom is 0.413 e. The normalized spacial score (nSPS) is 13.5. The van der Waals surface area contributed by atoms with E-state index in [1.54, 1.807) is 30.3 Å². The van der Waals surface area contributed by atoms with E-state index < -0.39 is 40.7 Å². The molecule has 2 aromatic carbocycles. The van der Waals surface area contributed by atoms with Crippen LogP contribution in [0.15, 0.2) is 59.1 Å². The smallest absolute Gasteiger partial charge is 0.413 e. The van der Waals surface area contributed by atoms with E-state index in [1.807, 2.05) is 0 Å². The third-order valence-electron chi connectivity index (χ3n) is 4.93. The molecule has 6 nitrogen and oxygen atoms in total. The molecule has 0 spiro atoms. The number of thiocarbonyl (C=S) groups is 1. The van der Waals surface area contributed by atoms with Gasteiger partial charge in [0.1, 0.15) is 6.61 Å². The van der Waals surface area contributed by atoms with Gasteiger partial charge < -0.3 is 15.2 Å². The molecule has 2 rings (SSSR count). The van der Waals surface area contributed by atoms with Crippen LogP contribution < -0.4 is 10.6 Å². The lowest BCUT2D eigenvalue weighted by Crippen LogP contribution is -2.58. The van der Waals surface area contributed by atoms with Gasteiger partial charge >= 0.3 is 18.2 Å². The molecule has 0 aromatic heterocycles. The lowest BCUT2D eigenvalue weighted by atomic mass is 9.74. The van der Waals surface area contributed by atoms with Crippen molar-refractivity contribution in [2.24, 2.45) is 5.41 Å². The van der Waals surface area contributed by atoms with Crippen LogP contribution in [-0.2, 0) is 21.7 Å². The SMILES string of the molecule is CC(C)(CC(NC(=S)NC(=O)OCc1ccccc1)(C(=O)O)c1ccc(Br)cc1)C(F)(F)F. The molecule has 0 bridgehead atoms. The van der Waals surface area contributed by atoms with Crippen molar-refractivity contribution in [1.82, 2.24) is 10.6 Å². The molecular weight excluding hydrogens is 525 g/mol. The highest BCUT2D eigenvalue weighted by Crippen LogP contribution is 2.46. The van der Waals surface area contributed by atoms with Crippen molar-refractivity contribution < 1.29 is 32.6 Å². The average Bonchev–Trinajstić information content (AvgIpc) is 2.71. The predicted molar refractivity (Wildman–Crippen MR) is 123 cm³/mol. The van der Waals surface area contributed by atoms with Crippen LogP contribution in [0.2, 0.25) is 0 Å². The Morgan fingerprint density at radius 2 is 1.64 bits per heavy atom. The lowest BCUT2D eigenvalue weighted by molar-refractivity contribution is -0.220. The average molecular weight is 547 g/mol. The standard InChI is InChI=1S/C22H22BrF3N2O4S/c1-20(2,22(24,25)26)13-21(17(29)30,15-8-10-16(23)11-9-15)28-18(33)27-19(31)32-12-14-6-4-3-5-7-14/h3-11H,12-13H2,1-2H3,(H,29,30)(H2,27,28,31,33). The number of carboxylic acids is 1. The number of hydrogen-bond acceptors (Lipinski definition) is 4. The number of benzene rings is 2. The van der Waals surface area contributed by atoms with Crippen molar-refractivity contribution in [2.45, 2.75) is 38.6 Å². The zero-order valence-electron chi connectivity index (χ0n) is 17.7. The first-order chi connectivity index (χ1) is 15.3. The van der Waals surface area contributed by atoms with E-state index in [9.17, 15) is 27.9 Å². The zero-order chi connectivity index (χ0) is 24.9. The molecule has 0 aliphatic carbocycles. The Bertz CT molecular complexity index is 1000. The van der Waals surface area contributed by atoms with Gasteiger partial charge in [0, 0.05) is 4.47 Å². The van der Waals surface area contributed by atoms with Crippen LogP contribution >= 0.6 is 28.1 Å². The van der Waals surface area contributed by atoms with Crippen molar-refractivity contribution in [2.75, 3.05) is 0 Å². The van der Waals surface area contributed by atoms with Crippen molar-refractivity contribution in [1.29, 1.82) is 0 Å². The fraction of sp³-hybridized carbons (Fsp3) is 0.318. The number of carboxylic acid groups (broad SMARTS) is 1. The molecule has 1 unspecified atom stereocenters. The van der Waals surface area contributed by atoms with Crippen LogP contribution in [0.4, 0.5) is 18.0 Å². The number of alkyl carbamates (subject to hydrolysis) is 1. The van der Waals surface area contributed by atoms with E-state index >= 15 is 0 Å². The van der Waals surface area contributed by atoms with Crippen LogP contribution in [0.3, 0.4) is 0 Å². The molecule has 3 N–H and O–H groups in total. The largest absolute Gasteiger partial charge is 0.479 e. The molecular formula is C22H22BrF3N2O4S. The highest BCUT2D eigenvalue weighted by atomic mass is 79.9. The fourth-order valence-electron chi connectivity index (χ4n) is 3.05. The van der Waals surface area contributed by atoms with E-state index in [0.29, 0.717) is 10.0 Å². The minimum absolute atomic E-state index is 0.0253. The van der Waals surface area contributed by atoms with Gasteiger partial charge in [0.25, 0.3) is 0 Å². The maximum absolute atomic E-state index is 13.7. The Morgan fingerprint density at radius 3 is 2.15 bits per heavy atom. The first-order valence-electron chi connectivity index (χ1n) is 9.63. The summed E-state index contributed by atoms with van der Waals surface area (Å²) < 4.78 is 46.6. The van der Waals surface area contributed by atoms with E-state index in [2.05, 4.69) is 26.6 Å². The van der Waals surface area contributed by atoms with Gasteiger partial charge in [-0.2, -0.15) is 13.2 Å². The van der Waals surface area contributed by atoms with Gasteiger partial charge in [-0.25, -0.2) is 9.59 Å². The first kappa shape index (κ1) is 26.6. The molecule has 0 aliphatic heterocycles. The fourth-order valence-corrected chi connectivity index (χ4v) is 3.57. The molecule has 1 amide bonds. The number of rotatable bonds is 7. The maximum atomic E-state index is 13.7. The molecule has 0 heterocycles. The summed E-state index contributed by atoms with van der Waals surface area (Å²) in [5.74, 6) is -1.59. The minimum atomic E-state index is -4.70. The van der Waals surface area contributed by atoms with Crippen molar-refractivity contribution in [3.63, 3.8) is 0 Å². The van der Waals surface area contributed by atoms with Gasteiger partial charge in [-0.1, -0.05) is 72.2 Å². The molecule has 0 saturated carbocycles. The molecule has 178 valence electrons. The second-order valence-electron chi connectivity index (χ2n) is 7.92. The Labute approximate surface area is 202 Å². The number of ether oxygens (including phenoxy) is 1. The summed E-state index contributed by atoms with van der Waals surface area (Å²) in [5, 5.41) is 14.2. The van der Waals surface area contributed by atoms with E-state index in [-0.39, 0.29) is 12.2 Å². The number of halogens is 4. The Balaban J connectivity index is 2.28. The molecule has 33 heavy (non-hydrogen) atoms. The minimum Gasteiger partial charge on any atom is -0.479 e. The predicted octanol–water partition coefficient (Wildman–Crippen LogP) is 5.51. The summed E-state index contributed by atoms with van der Waals surface area (Å²) >= 11 is 8.28. The molecule has 1 atom stereocenters. The van der Waals surface area contributed by atoms with Crippen molar-refractivity contribution in [3.8, 4) is 0 Å². The van der Waals surface area contributed by atoms with Gasteiger partial charge in [0.2, 0.25) is 0 Å². The quantitative estimate of drug-likeness (QED) is 0.397. The summed E-state index contributed by atoms with van der Waals surface area (Å²) in [6, 6.07) is 14.5. The Hall–Kier alpha value is -2.66. The zero-order valence-corrected chi connectivity index (χ0v) is 20.1. The number of carbonyl (C=O) groups is 2. The highest BCUT2D eigenvalue weighted by Gasteiger charge is 2.55. The van der Waals surface area contributed by atoms with E-state index in [1.165, 1.54) is 24.3 Å². The van der Waals surface area contributed by atoms with Gasteiger partial charge in [0.15, 0.2) is 10.7 Å². The Kier molecular flexibility index (Phi) is 8.47. The third-order valence-corrected chi connectivity index (χ3v) is 5.66. The summed E-state index contributed by atoms with van der Waals surface area (Å²) in [7, 11) is 0. The van der Waals surface area contributed by atoms with Crippen LogP contribution in [0, 0.1) is 5.41 Å². The monoisotopic (exact) mass is 546 g/mol. The number of alkyl halides is 3. The van der Waals surface area contributed by atoms with Crippen LogP contribution in [0.25, 0.3) is 0 Å². The van der Waals surface area contributed by atoms with Crippen LogP contribution in [0.1, 0.15) is 31.4 Å². The number of carbonyl (C=O) groups excluding carboxylic acids is 1. The topological polar surface area (TPSA) is 87.7 Å². The molecule has 0 radical (unpaired) electrons. The molecule has 0 saturated heterocycles. The number of nitrogens with one attached hydrogen (secondary N) is 2. The summed E-state index contributed by atoms with van der Waals surface area (Å²) in [5.41, 5.74) is -3.97. The second kappa shape index (κ2) is 10.5. The van der Waals surface area contributed by atoms with Gasteiger partial charge in [-0.15, -0.1) is 0 Å². The summed E-state index contributed by atoms with van der Waals surface area (Å²) in [6.07, 6.45) is -6.59. The number of amides is 1. The van der Waals surface area contributed by atoms with Crippen molar-refractivity contribution >= 4 is 45.3 Å². The van der Waals surface area contributed by atoms with Gasteiger partial charge in [-0.3, -0.25) is 5.32 Å². The number of hydrogen-bond donors (Lipinski definition) is 3. The number of aliphatic carboxylic acids is 1. The van der Waals surface area contributed by atoms with Gasteiger partial charge in [0.05, 0.1) is 5.41 Å². The molecule has 0 aliphatic rings. The summed E-state index contributed by atoms with van der Waals surface area (Å²) in [4.78, 5) is 24.5. The molecule has 0 fully saturated rings. The first-order valence-corrected chi connectivity index (χ1v) is 10.8.